The molecule has 0 spiro atoms. The van der Waals surface area contributed by atoms with Crippen LogP contribution in [-0.2, 0) is 21.2 Å². The van der Waals surface area contributed by atoms with Crippen molar-refractivity contribution in [3.8, 4) is 0 Å². The highest BCUT2D eigenvalue weighted by Crippen LogP contribution is 2.13. The summed E-state index contributed by atoms with van der Waals surface area (Å²) in [4.78, 5) is 14.0. The largest absolute Gasteiger partial charge is 0.351 e. The first kappa shape index (κ1) is 17.0. The molecule has 1 aromatic carbocycles. The Morgan fingerprint density at radius 1 is 1.36 bits per heavy atom. The van der Waals surface area contributed by atoms with Crippen LogP contribution in [0.1, 0.15) is 23.1 Å². The van der Waals surface area contributed by atoms with Crippen molar-refractivity contribution >= 4 is 15.7 Å². The van der Waals surface area contributed by atoms with Gasteiger partial charge in [0, 0.05) is 12.6 Å². The number of sulfone groups is 1. The lowest BCUT2D eigenvalue weighted by Gasteiger charge is -2.19. The molecule has 1 unspecified atom stereocenters. The lowest BCUT2D eigenvalue weighted by atomic mass is 10.1. The van der Waals surface area contributed by atoms with Gasteiger partial charge in [0.25, 0.3) is 0 Å². The number of benzene rings is 1. The number of rotatable bonds is 5. The molecule has 1 fully saturated rings. The third kappa shape index (κ3) is 4.81. The highest BCUT2D eigenvalue weighted by molar-refractivity contribution is 7.91. The molecule has 6 heteroatoms. The second-order valence-electron chi connectivity index (χ2n) is 6.27. The van der Waals surface area contributed by atoms with Crippen molar-refractivity contribution in [2.45, 2.75) is 32.9 Å². The molecular formula is C16H24N2O3S. The minimum atomic E-state index is -2.96. The monoisotopic (exact) mass is 324 g/mol. The predicted octanol–water partition coefficient (Wildman–Crippen LogP) is 1.04. The molecule has 1 N–H and O–H groups in total. The van der Waals surface area contributed by atoms with Crippen molar-refractivity contribution in [2.75, 3.05) is 25.1 Å². The van der Waals surface area contributed by atoms with Gasteiger partial charge < -0.3 is 5.32 Å². The zero-order valence-corrected chi connectivity index (χ0v) is 14.2. The SMILES string of the molecule is Cc1ccc(C)c(CN(C)CC(=O)NC2CCS(=O)(=O)C2)c1. The Labute approximate surface area is 132 Å². The van der Waals surface area contributed by atoms with Crippen molar-refractivity contribution in [3.63, 3.8) is 0 Å². The molecule has 1 heterocycles. The summed E-state index contributed by atoms with van der Waals surface area (Å²) in [5.41, 5.74) is 3.62. The van der Waals surface area contributed by atoms with Gasteiger partial charge in [-0.25, -0.2) is 8.42 Å². The molecular weight excluding hydrogens is 300 g/mol. The van der Waals surface area contributed by atoms with Crippen LogP contribution >= 0.6 is 0 Å². The molecule has 122 valence electrons. The van der Waals surface area contributed by atoms with Crippen molar-refractivity contribution in [1.29, 1.82) is 0 Å². The van der Waals surface area contributed by atoms with E-state index in [1.807, 2.05) is 11.9 Å². The summed E-state index contributed by atoms with van der Waals surface area (Å²) < 4.78 is 22.8. The number of hydrogen-bond acceptors (Lipinski definition) is 4. The van der Waals surface area contributed by atoms with E-state index in [1.165, 1.54) is 16.7 Å². The van der Waals surface area contributed by atoms with E-state index < -0.39 is 9.84 Å². The molecule has 0 aromatic heterocycles. The Balaban J connectivity index is 1.85. The first-order chi connectivity index (χ1) is 10.2. The summed E-state index contributed by atoms with van der Waals surface area (Å²) in [5.74, 6) is 0.130. The average molecular weight is 324 g/mol. The zero-order valence-electron chi connectivity index (χ0n) is 13.4. The third-order valence-electron chi connectivity index (χ3n) is 3.96. The Bertz CT molecular complexity index is 655. The van der Waals surface area contributed by atoms with Crippen molar-refractivity contribution in [1.82, 2.24) is 10.2 Å². The van der Waals surface area contributed by atoms with Gasteiger partial charge in [0.1, 0.15) is 0 Å². The van der Waals surface area contributed by atoms with Crippen LogP contribution in [0.2, 0.25) is 0 Å². The molecule has 22 heavy (non-hydrogen) atoms. The fourth-order valence-electron chi connectivity index (χ4n) is 2.74. The maximum Gasteiger partial charge on any atom is 0.234 e. The molecule has 1 saturated heterocycles. The minimum absolute atomic E-state index is 0.0689. The number of aryl methyl sites for hydroxylation is 2. The van der Waals surface area contributed by atoms with Gasteiger partial charge in [-0.3, -0.25) is 9.69 Å². The molecule has 0 aliphatic carbocycles. The van der Waals surface area contributed by atoms with E-state index in [0.29, 0.717) is 13.0 Å². The number of likely N-dealkylation sites (N-methyl/N-ethyl adjacent to an activating group) is 1. The summed E-state index contributed by atoms with van der Waals surface area (Å²) in [6, 6.07) is 6.06. The summed E-state index contributed by atoms with van der Waals surface area (Å²) in [7, 11) is -1.06. The van der Waals surface area contributed by atoms with Gasteiger partial charge in [0.15, 0.2) is 9.84 Å². The number of hydrogen-bond donors (Lipinski definition) is 1. The smallest absolute Gasteiger partial charge is 0.234 e. The summed E-state index contributed by atoms with van der Waals surface area (Å²) in [6.07, 6.45) is 0.523. The van der Waals surface area contributed by atoms with E-state index in [0.717, 1.165) is 0 Å². The summed E-state index contributed by atoms with van der Waals surface area (Å²) in [6.45, 7) is 5.08. The Morgan fingerprint density at radius 2 is 2.09 bits per heavy atom. The van der Waals surface area contributed by atoms with E-state index in [2.05, 4.69) is 37.4 Å². The standard InChI is InChI=1S/C16H24N2O3S/c1-12-4-5-13(2)14(8-12)9-18(3)10-16(19)17-15-6-7-22(20,21)11-15/h4-5,8,15H,6-7,9-11H2,1-3H3,(H,17,19). The molecule has 1 aromatic rings. The van der Waals surface area contributed by atoms with Gasteiger partial charge >= 0.3 is 0 Å². The molecule has 5 nitrogen and oxygen atoms in total. The number of carbonyl (C=O) groups is 1. The van der Waals surface area contributed by atoms with Gasteiger partial charge in [0.05, 0.1) is 18.1 Å². The van der Waals surface area contributed by atoms with E-state index in [4.69, 9.17) is 0 Å². The van der Waals surface area contributed by atoms with Crippen molar-refractivity contribution < 1.29 is 13.2 Å². The van der Waals surface area contributed by atoms with Crippen molar-refractivity contribution in [2.24, 2.45) is 0 Å². The van der Waals surface area contributed by atoms with Gasteiger partial charge in [-0.15, -0.1) is 0 Å². The van der Waals surface area contributed by atoms with Crippen LogP contribution in [0.25, 0.3) is 0 Å². The van der Waals surface area contributed by atoms with Crippen LogP contribution in [0, 0.1) is 13.8 Å². The number of amides is 1. The van der Waals surface area contributed by atoms with E-state index >= 15 is 0 Å². The molecule has 0 bridgehead atoms. The van der Waals surface area contributed by atoms with Crippen molar-refractivity contribution in [3.05, 3.63) is 34.9 Å². The molecule has 0 saturated carbocycles. The van der Waals surface area contributed by atoms with Crippen LogP contribution < -0.4 is 5.32 Å². The zero-order chi connectivity index (χ0) is 16.3. The van der Waals surface area contributed by atoms with Gasteiger partial charge in [0.2, 0.25) is 5.91 Å². The molecule has 1 amide bonds. The Hall–Kier alpha value is -1.40. The lowest BCUT2D eigenvalue weighted by molar-refractivity contribution is -0.122. The summed E-state index contributed by atoms with van der Waals surface area (Å²) >= 11 is 0. The fraction of sp³-hybridized carbons (Fsp3) is 0.562. The number of nitrogens with one attached hydrogen (secondary N) is 1. The third-order valence-corrected chi connectivity index (χ3v) is 5.72. The first-order valence-corrected chi connectivity index (χ1v) is 9.32. The van der Waals surface area contributed by atoms with Gasteiger partial charge in [-0.05, 0) is 38.4 Å². The molecule has 1 atom stereocenters. The summed E-state index contributed by atoms with van der Waals surface area (Å²) in [5, 5.41) is 2.82. The quantitative estimate of drug-likeness (QED) is 0.879. The Morgan fingerprint density at radius 3 is 2.73 bits per heavy atom. The van der Waals surface area contributed by atoms with Gasteiger partial charge in [-0.1, -0.05) is 23.8 Å². The van der Waals surface area contributed by atoms with Crippen LogP contribution in [0.5, 0.6) is 0 Å². The molecule has 0 radical (unpaired) electrons. The Kier molecular flexibility index (Phi) is 5.24. The topological polar surface area (TPSA) is 66.5 Å². The van der Waals surface area contributed by atoms with Crippen LogP contribution in [-0.4, -0.2) is 50.4 Å². The fourth-order valence-corrected chi connectivity index (χ4v) is 4.42. The van der Waals surface area contributed by atoms with Gasteiger partial charge in [-0.2, -0.15) is 0 Å². The van der Waals surface area contributed by atoms with Crippen LogP contribution in [0.3, 0.4) is 0 Å². The van der Waals surface area contributed by atoms with E-state index in [9.17, 15) is 13.2 Å². The minimum Gasteiger partial charge on any atom is -0.351 e. The average Bonchev–Trinajstić information content (AvgIpc) is 2.72. The molecule has 2 rings (SSSR count). The second kappa shape index (κ2) is 6.79. The second-order valence-corrected chi connectivity index (χ2v) is 8.50. The highest BCUT2D eigenvalue weighted by Gasteiger charge is 2.28. The molecule has 1 aliphatic heterocycles. The van der Waals surface area contributed by atoms with Crippen LogP contribution in [0.4, 0.5) is 0 Å². The van der Waals surface area contributed by atoms with E-state index in [1.54, 1.807) is 0 Å². The highest BCUT2D eigenvalue weighted by atomic mass is 32.2. The maximum atomic E-state index is 12.0. The normalized spacial score (nSPS) is 20.3. The molecule has 1 aliphatic rings. The predicted molar refractivity (Wildman–Crippen MR) is 87.5 cm³/mol. The van der Waals surface area contributed by atoms with E-state index in [-0.39, 0.29) is 30.0 Å². The number of nitrogens with zero attached hydrogens (tertiary/aromatic N) is 1. The van der Waals surface area contributed by atoms with Crippen LogP contribution in [0.15, 0.2) is 18.2 Å². The lowest BCUT2D eigenvalue weighted by Crippen LogP contribution is -2.41. The first-order valence-electron chi connectivity index (χ1n) is 7.49. The number of carbonyl (C=O) groups excluding carboxylic acids is 1. The maximum absolute atomic E-state index is 12.0.